The van der Waals surface area contributed by atoms with E-state index in [1.165, 1.54) is 32.6 Å². The fourth-order valence-electron chi connectivity index (χ4n) is 2.74. The highest BCUT2D eigenvalue weighted by atomic mass is 16.6. The summed E-state index contributed by atoms with van der Waals surface area (Å²) in [5.41, 5.74) is 4.45. The molecule has 1 N–H and O–H groups in total. The highest BCUT2D eigenvalue weighted by Gasteiger charge is 2.19. The van der Waals surface area contributed by atoms with E-state index < -0.39 is 10.8 Å². The quantitative estimate of drug-likeness (QED) is 0.381. The van der Waals surface area contributed by atoms with Crippen LogP contribution in [0.4, 0.5) is 5.69 Å². The van der Waals surface area contributed by atoms with Crippen LogP contribution in [-0.4, -0.2) is 37.9 Å². The molecule has 0 saturated heterocycles. The third-order valence-corrected chi connectivity index (χ3v) is 4.27. The van der Waals surface area contributed by atoms with Gasteiger partial charge in [-0.15, -0.1) is 0 Å². The number of nitrogens with zero attached hydrogens (tertiary/aromatic N) is 2. The summed E-state index contributed by atoms with van der Waals surface area (Å²) in [4.78, 5) is 22.7. The molecule has 0 aromatic heterocycles. The van der Waals surface area contributed by atoms with E-state index in [0.717, 1.165) is 11.1 Å². The summed E-state index contributed by atoms with van der Waals surface area (Å²) >= 11 is 0. The van der Waals surface area contributed by atoms with E-state index in [0.29, 0.717) is 17.1 Å². The van der Waals surface area contributed by atoms with Gasteiger partial charge in [-0.25, -0.2) is 5.43 Å². The number of methoxy groups -OCH3 is 2. The highest BCUT2D eigenvalue weighted by Crippen LogP contribution is 2.33. The molecule has 0 fully saturated rings. The van der Waals surface area contributed by atoms with Crippen molar-refractivity contribution >= 4 is 17.8 Å². The Balaban J connectivity index is 2.07. The first kappa shape index (κ1) is 22.7. The van der Waals surface area contributed by atoms with Gasteiger partial charge in [-0.3, -0.25) is 14.9 Å². The molecule has 30 heavy (non-hydrogen) atoms. The second-order valence-corrected chi connectivity index (χ2v) is 6.80. The number of amides is 1. The number of ether oxygens (including phenoxy) is 3. The molecule has 9 nitrogen and oxygen atoms in total. The predicted molar refractivity (Wildman–Crippen MR) is 113 cm³/mol. The third-order valence-electron chi connectivity index (χ3n) is 4.27. The summed E-state index contributed by atoms with van der Waals surface area (Å²) in [7, 11) is 2.74. The number of nitro benzene ring substituents is 1. The number of hydrogen-bond donors (Lipinski definition) is 1. The number of nitrogens with one attached hydrogen (secondary N) is 1. The van der Waals surface area contributed by atoms with Gasteiger partial charge in [0, 0.05) is 17.7 Å². The number of carbonyl (C=O) groups is 1. The van der Waals surface area contributed by atoms with E-state index in [2.05, 4.69) is 10.5 Å². The van der Waals surface area contributed by atoms with Crippen LogP contribution in [0, 0.1) is 17.0 Å². The minimum atomic E-state index is -0.573. The lowest BCUT2D eigenvalue weighted by Gasteiger charge is -2.14. The predicted octanol–water partition coefficient (Wildman–Crippen LogP) is 3.57. The van der Waals surface area contributed by atoms with Crippen molar-refractivity contribution in [2.75, 3.05) is 20.8 Å². The smallest absolute Gasteiger partial charge is 0.311 e. The molecular weight excluding hydrogens is 390 g/mol. The van der Waals surface area contributed by atoms with Crippen LogP contribution in [0.25, 0.3) is 0 Å². The van der Waals surface area contributed by atoms with Gasteiger partial charge in [0.1, 0.15) is 11.5 Å². The van der Waals surface area contributed by atoms with Gasteiger partial charge in [0.15, 0.2) is 6.61 Å². The normalized spacial score (nSPS) is 10.9. The molecule has 160 valence electrons. The Morgan fingerprint density at radius 2 is 1.87 bits per heavy atom. The molecule has 0 unspecified atom stereocenters. The molecule has 0 radical (unpaired) electrons. The summed E-state index contributed by atoms with van der Waals surface area (Å²) in [6.07, 6.45) is 1.26. The van der Waals surface area contributed by atoms with Crippen LogP contribution in [0.15, 0.2) is 35.4 Å². The van der Waals surface area contributed by atoms with E-state index in [1.54, 1.807) is 0 Å². The van der Waals surface area contributed by atoms with Gasteiger partial charge in [-0.1, -0.05) is 26.0 Å². The summed E-state index contributed by atoms with van der Waals surface area (Å²) in [5, 5.41) is 15.0. The van der Waals surface area contributed by atoms with Crippen LogP contribution in [-0.2, 0) is 4.79 Å². The van der Waals surface area contributed by atoms with E-state index in [-0.39, 0.29) is 24.0 Å². The van der Waals surface area contributed by atoms with Crippen molar-refractivity contribution in [2.24, 2.45) is 5.10 Å². The molecule has 2 aromatic carbocycles. The van der Waals surface area contributed by atoms with Crippen molar-refractivity contribution in [3.63, 3.8) is 0 Å². The van der Waals surface area contributed by atoms with Crippen molar-refractivity contribution in [2.45, 2.75) is 26.7 Å². The zero-order valence-electron chi connectivity index (χ0n) is 17.6. The zero-order valence-corrected chi connectivity index (χ0v) is 17.6. The molecule has 0 aliphatic rings. The standard InChI is InChI=1S/C21H25N3O6/c1-13(2)16-7-6-14(3)8-19(16)30-12-21(25)23-22-11-15-9-17(24(26)27)20(29-5)10-18(15)28-4/h6-11,13H,12H2,1-5H3,(H,23,25). The maximum Gasteiger partial charge on any atom is 0.311 e. The van der Waals surface area contributed by atoms with Gasteiger partial charge < -0.3 is 14.2 Å². The van der Waals surface area contributed by atoms with Crippen molar-refractivity contribution < 1.29 is 23.9 Å². The number of carbonyl (C=O) groups excluding carboxylic acids is 1. The molecule has 0 heterocycles. The Morgan fingerprint density at radius 3 is 2.47 bits per heavy atom. The van der Waals surface area contributed by atoms with Crippen molar-refractivity contribution in [3.05, 3.63) is 57.1 Å². The van der Waals surface area contributed by atoms with Crippen LogP contribution in [0.5, 0.6) is 17.2 Å². The number of benzene rings is 2. The first-order chi connectivity index (χ1) is 14.3. The van der Waals surface area contributed by atoms with Crippen LogP contribution >= 0.6 is 0 Å². The van der Waals surface area contributed by atoms with Crippen molar-refractivity contribution in [1.82, 2.24) is 5.43 Å². The molecule has 0 saturated carbocycles. The molecule has 2 aromatic rings. The van der Waals surface area contributed by atoms with Gasteiger partial charge in [-0.05, 0) is 30.0 Å². The summed E-state index contributed by atoms with van der Waals surface area (Å²) in [5.74, 6) is 0.805. The minimum absolute atomic E-state index is 0.0607. The van der Waals surface area contributed by atoms with E-state index in [9.17, 15) is 14.9 Å². The fraction of sp³-hybridized carbons (Fsp3) is 0.333. The lowest BCUT2D eigenvalue weighted by Crippen LogP contribution is -2.25. The summed E-state index contributed by atoms with van der Waals surface area (Å²) in [6, 6.07) is 8.50. The Hall–Kier alpha value is -3.62. The topological polar surface area (TPSA) is 112 Å². The zero-order chi connectivity index (χ0) is 22.3. The Kier molecular flexibility index (Phi) is 7.74. The van der Waals surface area contributed by atoms with Crippen LogP contribution < -0.4 is 19.6 Å². The van der Waals surface area contributed by atoms with Gasteiger partial charge in [0.05, 0.1) is 25.4 Å². The van der Waals surface area contributed by atoms with Crippen LogP contribution in [0.2, 0.25) is 0 Å². The number of hydrogen-bond acceptors (Lipinski definition) is 7. The molecule has 0 aliphatic heterocycles. The largest absolute Gasteiger partial charge is 0.496 e. The molecule has 0 bridgehead atoms. The van der Waals surface area contributed by atoms with E-state index in [1.807, 2.05) is 39.0 Å². The van der Waals surface area contributed by atoms with Crippen molar-refractivity contribution in [1.29, 1.82) is 0 Å². The molecule has 2 rings (SSSR count). The number of rotatable bonds is 9. The fourth-order valence-corrected chi connectivity index (χ4v) is 2.74. The molecule has 0 atom stereocenters. The monoisotopic (exact) mass is 415 g/mol. The lowest BCUT2D eigenvalue weighted by atomic mass is 10.0. The van der Waals surface area contributed by atoms with Gasteiger partial charge >= 0.3 is 5.69 Å². The van der Waals surface area contributed by atoms with Crippen LogP contribution in [0.1, 0.15) is 36.5 Å². The Morgan fingerprint density at radius 1 is 1.17 bits per heavy atom. The van der Waals surface area contributed by atoms with E-state index >= 15 is 0 Å². The Labute approximate surface area is 174 Å². The number of nitro groups is 1. The minimum Gasteiger partial charge on any atom is -0.496 e. The Bertz CT molecular complexity index is 956. The average Bonchev–Trinajstić information content (AvgIpc) is 2.71. The molecule has 1 amide bonds. The summed E-state index contributed by atoms with van der Waals surface area (Å²) < 4.78 is 15.9. The maximum absolute atomic E-state index is 12.1. The van der Waals surface area contributed by atoms with Crippen LogP contribution in [0.3, 0.4) is 0 Å². The second kappa shape index (κ2) is 10.2. The molecule has 0 spiro atoms. The molecule has 9 heteroatoms. The number of aryl methyl sites for hydroxylation is 1. The van der Waals surface area contributed by atoms with Gasteiger partial charge in [0.25, 0.3) is 5.91 Å². The van der Waals surface area contributed by atoms with Gasteiger partial charge in [0.2, 0.25) is 5.75 Å². The molecule has 0 aliphatic carbocycles. The van der Waals surface area contributed by atoms with Crippen molar-refractivity contribution in [3.8, 4) is 17.2 Å². The SMILES string of the molecule is COc1cc(OC)c([N+](=O)[O-])cc1C=NNC(=O)COc1cc(C)ccc1C(C)C. The number of hydrazone groups is 1. The van der Waals surface area contributed by atoms with E-state index in [4.69, 9.17) is 14.2 Å². The lowest BCUT2D eigenvalue weighted by molar-refractivity contribution is -0.385. The first-order valence-corrected chi connectivity index (χ1v) is 9.22. The first-order valence-electron chi connectivity index (χ1n) is 9.22. The summed E-state index contributed by atoms with van der Waals surface area (Å²) in [6.45, 7) is 5.82. The average molecular weight is 415 g/mol. The molecular formula is C21H25N3O6. The second-order valence-electron chi connectivity index (χ2n) is 6.80. The van der Waals surface area contributed by atoms with Gasteiger partial charge in [-0.2, -0.15) is 5.10 Å². The maximum atomic E-state index is 12.1. The third kappa shape index (κ3) is 5.69. The highest BCUT2D eigenvalue weighted by molar-refractivity contribution is 5.87.